The summed E-state index contributed by atoms with van der Waals surface area (Å²) in [5, 5.41) is 0. The van der Waals surface area contributed by atoms with Crippen LogP contribution in [0.15, 0.2) is 18.2 Å². The molecule has 0 atom stereocenters. The molecule has 0 radical (unpaired) electrons. The van der Waals surface area contributed by atoms with Gasteiger partial charge in [-0.25, -0.2) is 4.98 Å². The van der Waals surface area contributed by atoms with Gasteiger partial charge in [0, 0.05) is 9.11 Å². The Morgan fingerprint density at radius 1 is 1.44 bits per heavy atom. The Morgan fingerprint density at radius 2 is 2.17 bits per heavy atom. The van der Waals surface area contributed by atoms with Crippen LogP contribution in [0.3, 0.4) is 0 Å². The van der Waals surface area contributed by atoms with Gasteiger partial charge in [-0.05, 0) is 73.4 Å². The largest absolute Gasteiger partial charge is 0.321 e. The van der Waals surface area contributed by atoms with Crippen LogP contribution in [0, 0.1) is 9.49 Å². The third kappa shape index (κ3) is 1.95. The van der Waals surface area contributed by atoms with E-state index < -0.39 is 0 Å². The first kappa shape index (κ1) is 12.7. The van der Waals surface area contributed by atoms with Crippen molar-refractivity contribution in [2.45, 2.75) is 38.1 Å². The molecule has 96 valence electrons. The highest BCUT2D eigenvalue weighted by Crippen LogP contribution is 2.45. The van der Waals surface area contributed by atoms with Gasteiger partial charge in [-0.1, -0.05) is 0 Å². The van der Waals surface area contributed by atoms with Crippen LogP contribution in [0.4, 0.5) is 0 Å². The SMILES string of the molecule is CC(C)(C1CC1)n1c(CCl)nc2cc(I)ccc21. The molecule has 2 nitrogen and oxygen atoms in total. The van der Waals surface area contributed by atoms with Gasteiger partial charge in [0.25, 0.3) is 0 Å². The van der Waals surface area contributed by atoms with Gasteiger partial charge in [-0.15, -0.1) is 11.6 Å². The number of alkyl halides is 1. The lowest BCUT2D eigenvalue weighted by Gasteiger charge is -2.29. The first-order valence-electron chi connectivity index (χ1n) is 6.27. The average Bonchev–Trinajstić information content (AvgIpc) is 3.10. The highest BCUT2D eigenvalue weighted by molar-refractivity contribution is 14.1. The van der Waals surface area contributed by atoms with E-state index in [2.05, 4.69) is 59.2 Å². The van der Waals surface area contributed by atoms with E-state index in [9.17, 15) is 0 Å². The molecule has 0 unspecified atom stereocenters. The minimum Gasteiger partial charge on any atom is -0.321 e. The summed E-state index contributed by atoms with van der Waals surface area (Å²) in [4.78, 5) is 4.69. The van der Waals surface area contributed by atoms with Crippen molar-refractivity contribution in [3.05, 3.63) is 27.6 Å². The summed E-state index contributed by atoms with van der Waals surface area (Å²) in [6.45, 7) is 4.61. The van der Waals surface area contributed by atoms with Gasteiger partial charge in [0.2, 0.25) is 0 Å². The van der Waals surface area contributed by atoms with Crippen LogP contribution in [0.25, 0.3) is 11.0 Å². The van der Waals surface area contributed by atoms with Crippen molar-refractivity contribution in [1.29, 1.82) is 0 Å². The van der Waals surface area contributed by atoms with Gasteiger partial charge in [0.05, 0.1) is 16.9 Å². The standard InChI is InChI=1S/C14H16ClIN2/c1-14(2,9-3-4-9)18-12-6-5-10(16)7-11(12)17-13(18)8-15/h5-7,9H,3-4,8H2,1-2H3. The number of nitrogens with zero attached hydrogens (tertiary/aromatic N) is 2. The van der Waals surface area contributed by atoms with Crippen LogP contribution < -0.4 is 0 Å². The van der Waals surface area contributed by atoms with E-state index in [0.717, 1.165) is 17.3 Å². The van der Waals surface area contributed by atoms with E-state index in [1.54, 1.807) is 0 Å². The molecule has 2 aromatic rings. The summed E-state index contributed by atoms with van der Waals surface area (Å²) >= 11 is 8.41. The minimum absolute atomic E-state index is 0.117. The molecule has 0 aliphatic heterocycles. The molecule has 1 heterocycles. The summed E-state index contributed by atoms with van der Waals surface area (Å²) in [5.74, 6) is 2.23. The van der Waals surface area contributed by atoms with E-state index in [0.29, 0.717) is 5.88 Å². The van der Waals surface area contributed by atoms with E-state index in [4.69, 9.17) is 16.6 Å². The zero-order valence-corrected chi connectivity index (χ0v) is 13.5. The molecule has 0 amide bonds. The fourth-order valence-corrected chi connectivity index (χ4v) is 3.46. The highest BCUT2D eigenvalue weighted by Gasteiger charge is 2.40. The molecular formula is C14H16ClIN2. The lowest BCUT2D eigenvalue weighted by atomic mass is 9.97. The predicted molar refractivity (Wildman–Crippen MR) is 84.1 cm³/mol. The van der Waals surface area contributed by atoms with Crippen molar-refractivity contribution in [3.63, 3.8) is 0 Å². The maximum atomic E-state index is 6.09. The Balaban J connectivity index is 2.25. The molecule has 3 rings (SSSR count). The van der Waals surface area contributed by atoms with Gasteiger partial charge >= 0.3 is 0 Å². The van der Waals surface area contributed by atoms with Crippen molar-refractivity contribution in [3.8, 4) is 0 Å². The molecule has 1 fully saturated rings. The van der Waals surface area contributed by atoms with E-state index in [-0.39, 0.29) is 5.54 Å². The van der Waals surface area contributed by atoms with Crippen molar-refractivity contribution < 1.29 is 0 Å². The summed E-state index contributed by atoms with van der Waals surface area (Å²) in [6.07, 6.45) is 2.64. The number of imidazole rings is 1. The van der Waals surface area contributed by atoms with Crippen LogP contribution in [0.5, 0.6) is 0 Å². The monoisotopic (exact) mass is 374 g/mol. The highest BCUT2D eigenvalue weighted by atomic mass is 127. The Kier molecular flexibility index (Phi) is 3.09. The van der Waals surface area contributed by atoms with Gasteiger partial charge < -0.3 is 4.57 Å². The number of rotatable bonds is 3. The second-order valence-corrected chi connectivity index (χ2v) is 7.07. The summed E-state index contributed by atoms with van der Waals surface area (Å²) < 4.78 is 3.57. The van der Waals surface area contributed by atoms with Crippen LogP contribution in [-0.2, 0) is 11.4 Å². The Hall–Kier alpha value is -0.290. The van der Waals surface area contributed by atoms with Gasteiger partial charge in [-0.2, -0.15) is 0 Å². The molecule has 1 aliphatic carbocycles. The molecule has 1 aromatic carbocycles. The third-order valence-corrected chi connectivity index (χ3v) is 4.87. The second-order valence-electron chi connectivity index (χ2n) is 5.56. The van der Waals surface area contributed by atoms with E-state index >= 15 is 0 Å². The summed E-state index contributed by atoms with van der Waals surface area (Å²) in [5.41, 5.74) is 2.39. The minimum atomic E-state index is 0.117. The van der Waals surface area contributed by atoms with Crippen LogP contribution in [0.1, 0.15) is 32.5 Å². The summed E-state index contributed by atoms with van der Waals surface area (Å²) in [7, 11) is 0. The predicted octanol–water partition coefficient (Wildman–Crippen LogP) is 4.52. The zero-order chi connectivity index (χ0) is 12.9. The smallest absolute Gasteiger partial charge is 0.125 e. The maximum Gasteiger partial charge on any atom is 0.125 e. The third-order valence-electron chi connectivity index (χ3n) is 3.96. The number of halogens is 2. The van der Waals surface area contributed by atoms with Crippen LogP contribution in [-0.4, -0.2) is 9.55 Å². The molecule has 4 heteroatoms. The average molecular weight is 375 g/mol. The van der Waals surface area contributed by atoms with Crippen molar-refractivity contribution in [2.24, 2.45) is 5.92 Å². The normalized spacial score (nSPS) is 16.4. The van der Waals surface area contributed by atoms with Crippen molar-refractivity contribution >= 4 is 45.2 Å². The van der Waals surface area contributed by atoms with Crippen molar-refractivity contribution in [2.75, 3.05) is 0 Å². The Morgan fingerprint density at radius 3 is 2.78 bits per heavy atom. The molecule has 0 saturated heterocycles. The zero-order valence-electron chi connectivity index (χ0n) is 10.6. The number of hydrogen-bond acceptors (Lipinski definition) is 1. The quantitative estimate of drug-likeness (QED) is 0.570. The first-order valence-corrected chi connectivity index (χ1v) is 7.88. The molecule has 1 aliphatic rings. The van der Waals surface area contributed by atoms with Crippen molar-refractivity contribution in [1.82, 2.24) is 9.55 Å². The van der Waals surface area contributed by atoms with Crippen LogP contribution in [0.2, 0.25) is 0 Å². The molecule has 0 N–H and O–H groups in total. The summed E-state index contributed by atoms with van der Waals surface area (Å²) in [6, 6.07) is 6.44. The first-order chi connectivity index (χ1) is 8.54. The van der Waals surface area contributed by atoms with E-state index in [1.807, 2.05) is 0 Å². The number of aromatic nitrogens is 2. The fraction of sp³-hybridized carbons (Fsp3) is 0.500. The lowest BCUT2D eigenvalue weighted by Crippen LogP contribution is -2.30. The maximum absolute atomic E-state index is 6.09. The number of benzene rings is 1. The molecule has 0 spiro atoms. The molecule has 1 aromatic heterocycles. The molecule has 1 saturated carbocycles. The Bertz CT molecular complexity index is 599. The molecular weight excluding hydrogens is 359 g/mol. The fourth-order valence-electron chi connectivity index (χ4n) is 2.81. The molecule has 0 bridgehead atoms. The number of fused-ring (bicyclic) bond motifs is 1. The Labute approximate surface area is 126 Å². The second kappa shape index (κ2) is 4.37. The van der Waals surface area contributed by atoms with Gasteiger partial charge in [0.15, 0.2) is 0 Å². The molecule has 18 heavy (non-hydrogen) atoms. The topological polar surface area (TPSA) is 17.8 Å². The van der Waals surface area contributed by atoms with Crippen LogP contribution >= 0.6 is 34.2 Å². The van der Waals surface area contributed by atoms with E-state index in [1.165, 1.54) is 21.9 Å². The number of hydrogen-bond donors (Lipinski definition) is 0. The van der Waals surface area contributed by atoms with Gasteiger partial charge in [0.1, 0.15) is 5.82 Å². The lowest BCUT2D eigenvalue weighted by molar-refractivity contribution is 0.306. The van der Waals surface area contributed by atoms with Gasteiger partial charge in [-0.3, -0.25) is 0 Å².